The molecule has 0 aliphatic carbocycles. The van der Waals surface area contributed by atoms with Gasteiger partial charge in [-0.2, -0.15) is 4.31 Å². The molecule has 1 saturated heterocycles. The van der Waals surface area contributed by atoms with Gasteiger partial charge in [0.2, 0.25) is 10.0 Å². The van der Waals surface area contributed by atoms with Crippen molar-refractivity contribution in [3.05, 3.63) is 53.2 Å². The molecule has 7 heteroatoms. The number of pyridine rings is 1. The second-order valence-electron chi connectivity index (χ2n) is 5.72. The van der Waals surface area contributed by atoms with Crippen LogP contribution in [-0.2, 0) is 15.8 Å². The van der Waals surface area contributed by atoms with Crippen LogP contribution in [0.1, 0.15) is 24.8 Å². The molecule has 0 amide bonds. The van der Waals surface area contributed by atoms with Crippen LogP contribution < -0.4 is 0 Å². The van der Waals surface area contributed by atoms with Crippen LogP contribution in [0.5, 0.6) is 0 Å². The maximum atomic E-state index is 12.6. The summed E-state index contributed by atoms with van der Waals surface area (Å²) in [5.74, 6) is 0.742. The predicted octanol–water partition coefficient (Wildman–Crippen LogP) is 4.20. The van der Waals surface area contributed by atoms with Crippen molar-refractivity contribution in [3.63, 3.8) is 0 Å². The third-order valence-electron chi connectivity index (χ3n) is 3.94. The molecule has 1 aromatic heterocycles. The number of benzene rings is 1. The standard InChI is InChI=1S/C17H19ClN2O2S2/c18-15-6-4-5-14(11-15)13-23-17-8-7-16(12-19-17)24(21,22)20-9-2-1-3-10-20/h4-8,11-12H,1-3,9-10,13H2. The van der Waals surface area contributed by atoms with Gasteiger partial charge in [-0.1, -0.05) is 30.2 Å². The van der Waals surface area contributed by atoms with Crippen molar-refractivity contribution in [2.75, 3.05) is 13.1 Å². The van der Waals surface area contributed by atoms with E-state index < -0.39 is 10.0 Å². The fourth-order valence-corrected chi connectivity index (χ4v) is 5.10. The molecule has 24 heavy (non-hydrogen) atoms. The minimum atomic E-state index is -3.41. The van der Waals surface area contributed by atoms with E-state index in [1.807, 2.05) is 24.3 Å². The number of halogens is 1. The summed E-state index contributed by atoms with van der Waals surface area (Å²) >= 11 is 7.53. The first-order valence-electron chi connectivity index (χ1n) is 7.89. The van der Waals surface area contributed by atoms with Gasteiger partial charge in [0.05, 0.1) is 5.03 Å². The Labute approximate surface area is 152 Å². The molecular formula is C17H19ClN2O2S2. The number of hydrogen-bond acceptors (Lipinski definition) is 4. The minimum Gasteiger partial charge on any atom is -0.249 e. The average molecular weight is 383 g/mol. The minimum absolute atomic E-state index is 0.275. The quantitative estimate of drug-likeness (QED) is 0.727. The Balaban J connectivity index is 1.66. The van der Waals surface area contributed by atoms with Crippen molar-refractivity contribution in [1.82, 2.24) is 9.29 Å². The molecule has 0 spiro atoms. The molecule has 0 unspecified atom stereocenters. The van der Waals surface area contributed by atoms with E-state index in [2.05, 4.69) is 4.98 Å². The average Bonchev–Trinajstić information content (AvgIpc) is 2.61. The molecule has 0 bridgehead atoms. The lowest BCUT2D eigenvalue weighted by Crippen LogP contribution is -2.35. The molecule has 0 N–H and O–H groups in total. The van der Waals surface area contributed by atoms with Crippen molar-refractivity contribution < 1.29 is 8.42 Å². The van der Waals surface area contributed by atoms with Crippen molar-refractivity contribution in [3.8, 4) is 0 Å². The number of thioether (sulfide) groups is 1. The van der Waals surface area contributed by atoms with Crippen LogP contribution >= 0.6 is 23.4 Å². The molecular weight excluding hydrogens is 364 g/mol. The molecule has 0 saturated carbocycles. The third kappa shape index (κ3) is 4.30. The van der Waals surface area contributed by atoms with Crippen LogP contribution in [0.15, 0.2) is 52.5 Å². The first kappa shape index (κ1) is 17.7. The Morgan fingerprint density at radius 2 is 1.92 bits per heavy atom. The third-order valence-corrected chi connectivity index (χ3v) is 7.07. The molecule has 1 aliphatic heterocycles. The highest BCUT2D eigenvalue weighted by Gasteiger charge is 2.26. The summed E-state index contributed by atoms with van der Waals surface area (Å²) in [6.07, 6.45) is 4.42. The molecule has 1 aromatic carbocycles. The van der Waals surface area contributed by atoms with Crippen LogP contribution in [0, 0.1) is 0 Å². The summed E-state index contributed by atoms with van der Waals surface area (Å²) in [6.45, 7) is 1.21. The fraction of sp³-hybridized carbons (Fsp3) is 0.353. The molecule has 1 fully saturated rings. The Morgan fingerprint density at radius 3 is 2.58 bits per heavy atom. The Morgan fingerprint density at radius 1 is 1.12 bits per heavy atom. The highest BCUT2D eigenvalue weighted by atomic mass is 35.5. The van der Waals surface area contributed by atoms with E-state index in [1.54, 1.807) is 28.2 Å². The van der Waals surface area contributed by atoms with Gasteiger partial charge in [-0.25, -0.2) is 13.4 Å². The molecule has 4 nitrogen and oxygen atoms in total. The first-order chi connectivity index (χ1) is 11.6. The predicted molar refractivity (Wildman–Crippen MR) is 97.9 cm³/mol. The normalized spacial score (nSPS) is 16.2. The highest BCUT2D eigenvalue weighted by Crippen LogP contribution is 2.25. The van der Waals surface area contributed by atoms with Gasteiger partial charge in [0.1, 0.15) is 4.90 Å². The lowest BCUT2D eigenvalue weighted by atomic mass is 10.2. The summed E-state index contributed by atoms with van der Waals surface area (Å²) in [7, 11) is -3.41. The van der Waals surface area contributed by atoms with E-state index >= 15 is 0 Å². The van der Waals surface area contributed by atoms with Crippen LogP contribution in [0.25, 0.3) is 0 Å². The lowest BCUT2D eigenvalue weighted by Gasteiger charge is -2.25. The summed E-state index contributed by atoms with van der Waals surface area (Å²) in [6, 6.07) is 11.1. The molecule has 128 valence electrons. The van der Waals surface area contributed by atoms with Crippen molar-refractivity contribution in [2.45, 2.75) is 34.9 Å². The largest absolute Gasteiger partial charge is 0.249 e. The smallest absolute Gasteiger partial charge is 0.244 e. The molecule has 2 aromatic rings. The van der Waals surface area contributed by atoms with Gasteiger partial charge in [0.25, 0.3) is 0 Å². The summed E-state index contributed by atoms with van der Waals surface area (Å²) in [4.78, 5) is 4.58. The number of nitrogens with zero attached hydrogens (tertiary/aromatic N) is 2. The van der Waals surface area contributed by atoms with Gasteiger partial charge in [0, 0.05) is 30.1 Å². The van der Waals surface area contributed by atoms with Gasteiger partial charge in [-0.3, -0.25) is 0 Å². The number of sulfonamides is 1. The fourth-order valence-electron chi connectivity index (χ4n) is 2.64. The second-order valence-corrected chi connectivity index (χ2v) is 9.09. The van der Waals surface area contributed by atoms with Gasteiger partial charge in [-0.15, -0.1) is 11.8 Å². The zero-order valence-corrected chi connectivity index (χ0v) is 15.6. The Bertz CT molecular complexity index is 788. The number of piperidine rings is 1. The highest BCUT2D eigenvalue weighted by molar-refractivity contribution is 7.98. The summed E-state index contributed by atoms with van der Waals surface area (Å²) in [5, 5.41) is 1.51. The molecule has 2 heterocycles. The van der Waals surface area contributed by atoms with Gasteiger partial charge < -0.3 is 0 Å². The van der Waals surface area contributed by atoms with Crippen molar-refractivity contribution in [2.24, 2.45) is 0 Å². The van der Waals surface area contributed by atoms with Gasteiger partial charge in [0.15, 0.2) is 0 Å². The van der Waals surface area contributed by atoms with E-state index in [0.29, 0.717) is 18.1 Å². The zero-order chi connectivity index (χ0) is 17.0. The molecule has 1 aliphatic rings. The van der Waals surface area contributed by atoms with E-state index in [9.17, 15) is 8.42 Å². The van der Waals surface area contributed by atoms with E-state index in [1.165, 1.54) is 6.20 Å². The van der Waals surface area contributed by atoms with Gasteiger partial charge in [-0.05, 0) is 42.7 Å². The Kier molecular flexibility index (Phi) is 5.81. The van der Waals surface area contributed by atoms with E-state index in [-0.39, 0.29) is 4.90 Å². The van der Waals surface area contributed by atoms with Crippen molar-refractivity contribution in [1.29, 1.82) is 0 Å². The van der Waals surface area contributed by atoms with Crippen LogP contribution in [0.3, 0.4) is 0 Å². The zero-order valence-electron chi connectivity index (χ0n) is 13.2. The number of aromatic nitrogens is 1. The monoisotopic (exact) mass is 382 g/mol. The maximum absolute atomic E-state index is 12.6. The van der Waals surface area contributed by atoms with E-state index in [0.717, 1.165) is 35.6 Å². The van der Waals surface area contributed by atoms with Crippen molar-refractivity contribution >= 4 is 33.4 Å². The number of rotatable bonds is 5. The molecule has 0 radical (unpaired) electrons. The maximum Gasteiger partial charge on any atom is 0.244 e. The SMILES string of the molecule is O=S(=O)(c1ccc(SCc2cccc(Cl)c2)nc1)N1CCCCC1. The molecule has 3 rings (SSSR count). The second kappa shape index (κ2) is 7.87. The first-order valence-corrected chi connectivity index (χ1v) is 10.7. The van der Waals surface area contributed by atoms with E-state index in [4.69, 9.17) is 11.6 Å². The Hall–Kier alpha value is -1.08. The van der Waals surface area contributed by atoms with Crippen LogP contribution in [0.2, 0.25) is 5.02 Å². The summed E-state index contributed by atoms with van der Waals surface area (Å²) < 4.78 is 26.7. The lowest BCUT2D eigenvalue weighted by molar-refractivity contribution is 0.346. The number of hydrogen-bond donors (Lipinski definition) is 0. The topological polar surface area (TPSA) is 50.3 Å². The van der Waals surface area contributed by atoms with Gasteiger partial charge >= 0.3 is 0 Å². The van der Waals surface area contributed by atoms with Crippen LogP contribution in [-0.4, -0.2) is 30.8 Å². The van der Waals surface area contributed by atoms with Crippen LogP contribution in [0.4, 0.5) is 0 Å². The molecule has 0 atom stereocenters. The summed E-state index contributed by atoms with van der Waals surface area (Å²) in [5.41, 5.74) is 1.11.